The molecule has 1 heterocycles. The maximum absolute atomic E-state index is 12.1. The third-order valence-electron chi connectivity index (χ3n) is 4.57. The van der Waals surface area contributed by atoms with Crippen LogP contribution < -0.4 is 5.32 Å². The standard InChI is InChI=1S/C16H30N2O3/c1-5-16(12-19)7-10-18(11-8-16)13(20)6-9-17-14(21)15(2,3)4/h19H,5-12H2,1-4H3,(H,17,21). The normalized spacial score (nSPS) is 18.4. The summed E-state index contributed by atoms with van der Waals surface area (Å²) in [7, 11) is 0. The van der Waals surface area contributed by atoms with Crippen LogP contribution in [0, 0.1) is 10.8 Å². The summed E-state index contributed by atoms with van der Waals surface area (Å²) in [6.45, 7) is 9.67. The lowest BCUT2D eigenvalue weighted by Crippen LogP contribution is -2.45. The molecule has 5 heteroatoms. The fourth-order valence-corrected chi connectivity index (χ4v) is 2.56. The molecule has 1 fully saturated rings. The molecule has 2 N–H and O–H groups in total. The van der Waals surface area contributed by atoms with Crippen molar-refractivity contribution in [3.05, 3.63) is 0 Å². The first kappa shape index (κ1) is 18.0. The Labute approximate surface area is 128 Å². The van der Waals surface area contributed by atoms with E-state index in [1.807, 2.05) is 25.7 Å². The smallest absolute Gasteiger partial charge is 0.225 e. The van der Waals surface area contributed by atoms with Gasteiger partial charge in [0.1, 0.15) is 0 Å². The van der Waals surface area contributed by atoms with Crippen LogP contribution in [0.1, 0.15) is 53.4 Å². The minimum absolute atomic E-state index is 0.00275. The van der Waals surface area contributed by atoms with Gasteiger partial charge in [0, 0.05) is 38.1 Å². The van der Waals surface area contributed by atoms with Crippen molar-refractivity contribution in [1.82, 2.24) is 10.2 Å². The molecule has 122 valence electrons. The van der Waals surface area contributed by atoms with Gasteiger partial charge in [0.05, 0.1) is 0 Å². The van der Waals surface area contributed by atoms with Crippen molar-refractivity contribution < 1.29 is 14.7 Å². The minimum atomic E-state index is -0.421. The largest absolute Gasteiger partial charge is 0.396 e. The molecule has 2 amide bonds. The van der Waals surface area contributed by atoms with Gasteiger partial charge in [0.25, 0.3) is 0 Å². The van der Waals surface area contributed by atoms with Gasteiger partial charge >= 0.3 is 0 Å². The highest BCUT2D eigenvalue weighted by Gasteiger charge is 2.33. The summed E-state index contributed by atoms with van der Waals surface area (Å²) < 4.78 is 0. The van der Waals surface area contributed by atoms with Crippen LogP contribution in [0.15, 0.2) is 0 Å². The van der Waals surface area contributed by atoms with Crippen LogP contribution in [0.3, 0.4) is 0 Å². The Hall–Kier alpha value is -1.10. The van der Waals surface area contributed by atoms with Crippen molar-refractivity contribution in [3.8, 4) is 0 Å². The molecule has 0 saturated carbocycles. The first-order chi connectivity index (χ1) is 9.74. The number of nitrogens with one attached hydrogen (secondary N) is 1. The Morgan fingerprint density at radius 3 is 2.24 bits per heavy atom. The number of piperidine rings is 1. The third kappa shape index (κ3) is 4.99. The maximum atomic E-state index is 12.1. The molecule has 0 aromatic rings. The molecule has 1 aliphatic rings. The highest BCUT2D eigenvalue weighted by molar-refractivity contribution is 5.82. The summed E-state index contributed by atoms with van der Waals surface area (Å²) in [5, 5.41) is 12.3. The zero-order valence-corrected chi connectivity index (χ0v) is 13.9. The first-order valence-corrected chi connectivity index (χ1v) is 7.91. The Bertz CT molecular complexity index is 360. The molecule has 0 aliphatic carbocycles. The number of carbonyl (C=O) groups is 2. The molecule has 1 aliphatic heterocycles. The van der Waals surface area contributed by atoms with E-state index in [0.717, 1.165) is 19.3 Å². The van der Waals surface area contributed by atoms with Crippen LogP contribution in [0.2, 0.25) is 0 Å². The molecule has 1 rings (SSSR count). The number of rotatable bonds is 5. The number of hydrogen-bond acceptors (Lipinski definition) is 3. The van der Waals surface area contributed by atoms with Gasteiger partial charge < -0.3 is 15.3 Å². The van der Waals surface area contributed by atoms with Crippen molar-refractivity contribution in [1.29, 1.82) is 0 Å². The minimum Gasteiger partial charge on any atom is -0.396 e. The highest BCUT2D eigenvalue weighted by Crippen LogP contribution is 2.34. The molecule has 0 aromatic carbocycles. The summed E-state index contributed by atoms with van der Waals surface area (Å²) in [6, 6.07) is 0. The quantitative estimate of drug-likeness (QED) is 0.809. The lowest BCUT2D eigenvalue weighted by molar-refractivity contribution is -0.134. The average molecular weight is 298 g/mol. The Balaban J connectivity index is 2.33. The summed E-state index contributed by atoms with van der Waals surface area (Å²) in [4.78, 5) is 25.7. The van der Waals surface area contributed by atoms with Crippen LogP contribution in [0.25, 0.3) is 0 Å². The monoisotopic (exact) mass is 298 g/mol. The second-order valence-corrected chi connectivity index (χ2v) is 7.15. The predicted octanol–water partition coefficient (Wildman–Crippen LogP) is 1.55. The van der Waals surface area contributed by atoms with Gasteiger partial charge in [-0.1, -0.05) is 27.7 Å². The Morgan fingerprint density at radius 2 is 1.81 bits per heavy atom. The van der Waals surface area contributed by atoms with Crippen molar-refractivity contribution >= 4 is 11.8 Å². The Morgan fingerprint density at radius 1 is 1.24 bits per heavy atom. The van der Waals surface area contributed by atoms with Gasteiger partial charge in [-0.15, -0.1) is 0 Å². The summed E-state index contributed by atoms with van der Waals surface area (Å²) in [5.74, 6) is 0.0612. The van der Waals surface area contributed by atoms with E-state index in [2.05, 4.69) is 12.2 Å². The second-order valence-electron chi connectivity index (χ2n) is 7.15. The fraction of sp³-hybridized carbons (Fsp3) is 0.875. The number of hydrogen-bond donors (Lipinski definition) is 2. The van der Waals surface area contributed by atoms with E-state index in [9.17, 15) is 14.7 Å². The van der Waals surface area contributed by atoms with Gasteiger partial charge in [-0.25, -0.2) is 0 Å². The van der Waals surface area contributed by atoms with Crippen LogP contribution in [-0.2, 0) is 9.59 Å². The third-order valence-corrected chi connectivity index (χ3v) is 4.57. The molecular weight excluding hydrogens is 268 g/mol. The lowest BCUT2D eigenvalue weighted by Gasteiger charge is -2.40. The zero-order valence-electron chi connectivity index (χ0n) is 13.9. The van der Waals surface area contributed by atoms with Gasteiger partial charge in [-0.2, -0.15) is 0 Å². The molecule has 0 spiro atoms. The predicted molar refractivity (Wildman–Crippen MR) is 82.7 cm³/mol. The average Bonchev–Trinajstić information content (AvgIpc) is 2.46. The molecule has 0 radical (unpaired) electrons. The molecule has 0 bridgehead atoms. The van der Waals surface area contributed by atoms with Crippen LogP contribution >= 0.6 is 0 Å². The van der Waals surface area contributed by atoms with Gasteiger partial charge in [-0.05, 0) is 24.7 Å². The number of aliphatic hydroxyl groups is 1. The van der Waals surface area contributed by atoms with Crippen molar-refractivity contribution in [2.24, 2.45) is 10.8 Å². The molecule has 1 saturated heterocycles. The van der Waals surface area contributed by atoms with Crippen LogP contribution in [0.4, 0.5) is 0 Å². The molecule has 21 heavy (non-hydrogen) atoms. The topological polar surface area (TPSA) is 69.6 Å². The first-order valence-electron chi connectivity index (χ1n) is 7.91. The van der Waals surface area contributed by atoms with Gasteiger partial charge in [0.15, 0.2) is 0 Å². The van der Waals surface area contributed by atoms with E-state index in [0.29, 0.717) is 26.1 Å². The van der Waals surface area contributed by atoms with Crippen molar-refractivity contribution in [3.63, 3.8) is 0 Å². The zero-order chi connectivity index (χ0) is 16.1. The molecule has 0 unspecified atom stereocenters. The van der Waals surface area contributed by atoms with Gasteiger partial charge in [-0.3, -0.25) is 9.59 Å². The van der Waals surface area contributed by atoms with E-state index >= 15 is 0 Å². The van der Waals surface area contributed by atoms with E-state index < -0.39 is 5.41 Å². The molecule has 0 aromatic heterocycles. The molecule has 0 atom stereocenters. The SMILES string of the molecule is CCC1(CO)CCN(C(=O)CCNC(=O)C(C)(C)C)CC1. The number of carbonyl (C=O) groups excluding carboxylic acids is 2. The molecular formula is C16H30N2O3. The second kappa shape index (κ2) is 7.25. The highest BCUT2D eigenvalue weighted by atomic mass is 16.3. The van der Waals surface area contributed by atoms with E-state index in [-0.39, 0.29) is 23.8 Å². The van der Waals surface area contributed by atoms with Crippen molar-refractivity contribution in [2.45, 2.75) is 53.4 Å². The fourth-order valence-electron chi connectivity index (χ4n) is 2.56. The van der Waals surface area contributed by atoms with E-state index in [1.165, 1.54) is 0 Å². The number of aliphatic hydroxyl groups excluding tert-OH is 1. The number of amides is 2. The summed E-state index contributed by atoms with van der Waals surface area (Å²) >= 11 is 0. The summed E-state index contributed by atoms with van der Waals surface area (Å²) in [6.07, 6.45) is 3.02. The van der Waals surface area contributed by atoms with E-state index in [4.69, 9.17) is 0 Å². The Kier molecular flexibility index (Phi) is 6.20. The van der Waals surface area contributed by atoms with Crippen molar-refractivity contribution in [2.75, 3.05) is 26.2 Å². The maximum Gasteiger partial charge on any atom is 0.225 e. The molecule has 5 nitrogen and oxygen atoms in total. The van der Waals surface area contributed by atoms with E-state index in [1.54, 1.807) is 0 Å². The number of likely N-dealkylation sites (tertiary alicyclic amines) is 1. The lowest BCUT2D eigenvalue weighted by atomic mass is 9.77. The van der Waals surface area contributed by atoms with Crippen LogP contribution in [-0.4, -0.2) is 48.1 Å². The number of nitrogens with zero attached hydrogens (tertiary/aromatic N) is 1. The van der Waals surface area contributed by atoms with Gasteiger partial charge in [0.2, 0.25) is 11.8 Å². The summed E-state index contributed by atoms with van der Waals surface area (Å²) in [5.41, 5.74) is -0.423. The van der Waals surface area contributed by atoms with Crippen LogP contribution in [0.5, 0.6) is 0 Å².